The Morgan fingerprint density at radius 2 is 2.21 bits per heavy atom. The molecule has 76 valence electrons. The molecule has 0 bridgehead atoms. The van der Waals surface area contributed by atoms with E-state index in [0.717, 1.165) is 16.0 Å². The SMILES string of the molecule is Clc1cccc(Br)c1[C@H]1CCCCN1. The fourth-order valence-electron chi connectivity index (χ4n) is 1.94. The highest BCUT2D eigenvalue weighted by Crippen LogP contribution is 2.34. The Labute approximate surface area is 98.0 Å². The van der Waals surface area contributed by atoms with Gasteiger partial charge >= 0.3 is 0 Å². The summed E-state index contributed by atoms with van der Waals surface area (Å²) in [5, 5.41) is 4.36. The second kappa shape index (κ2) is 4.65. The molecular formula is C11H13BrClN. The molecule has 1 aromatic rings. The quantitative estimate of drug-likeness (QED) is 0.818. The number of rotatable bonds is 1. The maximum atomic E-state index is 6.19. The van der Waals surface area contributed by atoms with Crippen LogP contribution in [0.15, 0.2) is 22.7 Å². The summed E-state index contributed by atoms with van der Waals surface area (Å²) in [7, 11) is 0. The van der Waals surface area contributed by atoms with Crippen LogP contribution in [-0.4, -0.2) is 6.54 Å². The van der Waals surface area contributed by atoms with Crippen LogP contribution in [0.2, 0.25) is 5.02 Å². The average Bonchev–Trinajstić information content (AvgIpc) is 2.19. The lowest BCUT2D eigenvalue weighted by molar-refractivity contribution is 0.411. The highest BCUT2D eigenvalue weighted by atomic mass is 79.9. The predicted octanol–water partition coefficient (Wildman–Crippen LogP) is 3.92. The highest BCUT2D eigenvalue weighted by Gasteiger charge is 2.19. The van der Waals surface area contributed by atoms with E-state index >= 15 is 0 Å². The molecule has 1 nitrogen and oxygen atoms in total. The summed E-state index contributed by atoms with van der Waals surface area (Å²) < 4.78 is 1.12. The standard InChI is InChI=1S/C11H13BrClN/c12-8-4-3-5-9(13)11(8)10-6-1-2-7-14-10/h3-5,10,14H,1-2,6-7H2/t10-/m1/s1. The van der Waals surface area contributed by atoms with Gasteiger partial charge in [-0.2, -0.15) is 0 Å². The van der Waals surface area contributed by atoms with Gasteiger partial charge in [0.2, 0.25) is 0 Å². The van der Waals surface area contributed by atoms with E-state index in [2.05, 4.69) is 27.3 Å². The summed E-state index contributed by atoms with van der Waals surface area (Å²) in [6, 6.07) is 6.40. The normalized spacial score (nSPS) is 22.3. The maximum Gasteiger partial charge on any atom is 0.0465 e. The van der Waals surface area contributed by atoms with Gasteiger partial charge in [-0.25, -0.2) is 0 Å². The van der Waals surface area contributed by atoms with Gasteiger partial charge in [-0.15, -0.1) is 0 Å². The van der Waals surface area contributed by atoms with Gasteiger partial charge in [0.15, 0.2) is 0 Å². The molecule has 0 spiro atoms. The van der Waals surface area contributed by atoms with Crippen LogP contribution in [0.3, 0.4) is 0 Å². The summed E-state index contributed by atoms with van der Waals surface area (Å²) in [6.07, 6.45) is 3.75. The zero-order valence-corrected chi connectivity index (χ0v) is 10.2. The molecule has 0 aromatic heterocycles. The van der Waals surface area contributed by atoms with Crippen LogP contribution in [0.5, 0.6) is 0 Å². The molecule has 0 radical (unpaired) electrons. The minimum Gasteiger partial charge on any atom is -0.310 e. The molecule has 1 N–H and O–H groups in total. The molecule has 14 heavy (non-hydrogen) atoms. The second-order valence-electron chi connectivity index (χ2n) is 3.64. The first-order chi connectivity index (χ1) is 6.79. The van der Waals surface area contributed by atoms with Crippen LogP contribution in [-0.2, 0) is 0 Å². The van der Waals surface area contributed by atoms with Crippen LogP contribution in [0.1, 0.15) is 30.9 Å². The number of halogens is 2. The molecule has 1 saturated heterocycles. The third-order valence-corrected chi connectivity index (χ3v) is 3.68. The Kier molecular flexibility index (Phi) is 3.47. The highest BCUT2D eigenvalue weighted by molar-refractivity contribution is 9.10. The molecule has 2 rings (SSSR count). The Morgan fingerprint density at radius 3 is 2.86 bits per heavy atom. The van der Waals surface area contributed by atoms with Crippen molar-refractivity contribution < 1.29 is 0 Å². The summed E-state index contributed by atoms with van der Waals surface area (Å²) in [5.74, 6) is 0. The van der Waals surface area contributed by atoms with Gasteiger partial charge in [0.1, 0.15) is 0 Å². The molecule has 1 aromatic carbocycles. The van der Waals surface area contributed by atoms with Crippen LogP contribution >= 0.6 is 27.5 Å². The van der Waals surface area contributed by atoms with Gasteiger partial charge in [-0.3, -0.25) is 0 Å². The molecule has 1 aliphatic heterocycles. The van der Waals surface area contributed by atoms with Gasteiger partial charge in [0.05, 0.1) is 0 Å². The van der Waals surface area contributed by atoms with E-state index in [-0.39, 0.29) is 0 Å². The Bertz CT molecular complexity index is 301. The lowest BCUT2D eigenvalue weighted by atomic mass is 9.97. The number of benzene rings is 1. The van der Waals surface area contributed by atoms with Crippen molar-refractivity contribution in [1.82, 2.24) is 5.32 Å². The van der Waals surface area contributed by atoms with Crippen molar-refractivity contribution in [1.29, 1.82) is 0 Å². The van der Waals surface area contributed by atoms with Gasteiger partial charge in [0.25, 0.3) is 0 Å². The first-order valence-electron chi connectivity index (χ1n) is 4.96. The summed E-state index contributed by atoms with van der Waals surface area (Å²) in [4.78, 5) is 0. The molecule has 1 atom stereocenters. The van der Waals surface area contributed by atoms with Crippen LogP contribution in [0, 0.1) is 0 Å². The summed E-state index contributed by atoms with van der Waals surface area (Å²) in [5.41, 5.74) is 1.22. The molecule has 1 aliphatic rings. The van der Waals surface area contributed by atoms with Gasteiger partial charge in [0, 0.05) is 21.1 Å². The van der Waals surface area contributed by atoms with Crippen molar-refractivity contribution in [3.05, 3.63) is 33.3 Å². The molecule has 3 heteroatoms. The molecule has 1 fully saturated rings. The van der Waals surface area contributed by atoms with E-state index in [1.54, 1.807) is 0 Å². The monoisotopic (exact) mass is 273 g/mol. The molecular weight excluding hydrogens is 261 g/mol. The first-order valence-corrected chi connectivity index (χ1v) is 6.13. The van der Waals surface area contributed by atoms with E-state index in [4.69, 9.17) is 11.6 Å². The zero-order chi connectivity index (χ0) is 9.97. The van der Waals surface area contributed by atoms with Crippen molar-refractivity contribution >= 4 is 27.5 Å². The van der Waals surface area contributed by atoms with Crippen molar-refractivity contribution in [3.8, 4) is 0 Å². The summed E-state index contributed by atoms with van der Waals surface area (Å²) >= 11 is 9.75. The molecule has 0 amide bonds. The predicted molar refractivity (Wildman–Crippen MR) is 63.7 cm³/mol. The van der Waals surface area contributed by atoms with Crippen LogP contribution in [0.25, 0.3) is 0 Å². The van der Waals surface area contributed by atoms with Crippen molar-refractivity contribution in [3.63, 3.8) is 0 Å². The van der Waals surface area contributed by atoms with Gasteiger partial charge in [-0.1, -0.05) is 40.0 Å². The van der Waals surface area contributed by atoms with Crippen molar-refractivity contribution in [2.45, 2.75) is 25.3 Å². The van der Waals surface area contributed by atoms with Crippen molar-refractivity contribution in [2.75, 3.05) is 6.54 Å². The van der Waals surface area contributed by atoms with E-state index in [9.17, 15) is 0 Å². The summed E-state index contributed by atoms with van der Waals surface area (Å²) in [6.45, 7) is 1.10. The minimum absolute atomic E-state index is 0.423. The number of hydrogen-bond acceptors (Lipinski definition) is 1. The minimum atomic E-state index is 0.423. The maximum absolute atomic E-state index is 6.19. The third kappa shape index (κ3) is 2.13. The van der Waals surface area contributed by atoms with Crippen LogP contribution < -0.4 is 5.32 Å². The molecule has 0 aliphatic carbocycles. The Hall–Kier alpha value is -0.0500. The second-order valence-corrected chi connectivity index (χ2v) is 4.90. The van der Waals surface area contributed by atoms with E-state index in [1.165, 1.54) is 24.8 Å². The van der Waals surface area contributed by atoms with Gasteiger partial charge < -0.3 is 5.32 Å². The van der Waals surface area contributed by atoms with Crippen LogP contribution in [0.4, 0.5) is 0 Å². The number of piperidine rings is 1. The first kappa shape index (κ1) is 10.5. The van der Waals surface area contributed by atoms with E-state index in [1.807, 2.05) is 12.1 Å². The van der Waals surface area contributed by atoms with Gasteiger partial charge in [-0.05, 0) is 31.5 Å². The fraction of sp³-hybridized carbons (Fsp3) is 0.455. The molecule has 1 heterocycles. The largest absolute Gasteiger partial charge is 0.310 e. The topological polar surface area (TPSA) is 12.0 Å². The fourth-order valence-corrected chi connectivity index (χ4v) is 3.00. The number of nitrogens with one attached hydrogen (secondary N) is 1. The lowest BCUT2D eigenvalue weighted by Crippen LogP contribution is -2.27. The average molecular weight is 275 g/mol. The Morgan fingerprint density at radius 1 is 1.36 bits per heavy atom. The lowest BCUT2D eigenvalue weighted by Gasteiger charge is -2.25. The molecule has 0 saturated carbocycles. The van der Waals surface area contributed by atoms with Crippen molar-refractivity contribution in [2.24, 2.45) is 0 Å². The third-order valence-electron chi connectivity index (χ3n) is 2.66. The smallest absolute Gasteiger partial charge is 0.0465 e. The number of hydrogen-bond donors (Lipinski definition) is 1. The Balaban J connectivity index is 2.29. The van der Waals surface area contributed by atoms with E-state index < -0.39 is 0 Å². The van der Waals surface area contributed by atoms with E-state index in [0.29, 0.717) is 6.04 Å². The zero-order valence-electron chi connectivity index (χ0n) is 7.89. The molecule has 0 unspecified atom stereocenters.